The van der Waals surface area contributed by atoms with Gasteiger partial charge in [-0.05, 0) is 10.6 Å². The predicted octanol–water partition coefficient (Wildman–Crippen LogP) is 0.302. The first-order valence-corrected chi connectivity index (χ1v) is 4.91. The molecule has 1 rings (SSSR count). The Labute approximate surface area is 102 Å². The van der Waals surface area contributed by atoms with Crippen LogP contribution in [0.25, 0.3) is 0 Å². The van der Waals surface area contributed by atoms with Crippen LogP contribution < -0.4 is 5.73 Å². The molecule has 0 unspecified atom stereocenters. The van der Waals surface area contributed by atoms with Crippen LogP contribution in [0.1, 0.15) is 5.56 Å². The molecule has 8 heteroatoms. The minimum atomic E-state index is -1.23. The Morgan fingerprint density at radius 2 is 1.94 bits per heavy atom. The van der Waals surface area contributed by atoms with E-state index in [-0.39, 0.29) is 11.6 Å². The summed E-state index contributed by atoms with van der Waals surface area (Å²) in [5, 5.41) is 9.49. The average Bonchev–Trinajstić information content (AvgIpc) is 2.34. The number of amides is 2. The molecular formula is C10H11N3O5. The van der Waals surface area contributed by atoms with Gasteiger partial charge in [-0.25, -0.2) is 14.9 Å². The summed E-state index contributed by atoms with van der Waals surface area (Å²) < 4.78 is 4.69. The molecule has 1 aromatic carbocycles. The molecule has 0 aliphatic rings. The van der Waals surface area contributed by atoms with Crippen molar-refractivity contribution >= 4 is 12.0 Å². The van der Waals surface area contributed by atoms with E-state index >= 15 is 0 Å². The standard InChI is InChI=1S/C10H11N3O5/c11-9(14)6-12(13(16)17)10(15)18-7-8-4-2-1-3-5-8/h1-5H,6-7H2,(H2,11,14). The van der Waals surface area contributed by atoms with Crippen molar-refractivity contribution in [1.29, 1.82) is 0 Å². The first-order valence-electron chi connectivity index (χ1n) is 4.91. The highest BCUT2D eigenvalue weighted by Crippen LogP contribution is 2.03. The molecule has 0 bridgehead atoms. The van der Waals surface area contributed by atoms with Gasteiger partial charge < -0.3 is 10.5 Å². The summed E-state index contributed by atoms with van der Waals surface area (Å²) >= 11 is 0. The molecule has 8 nitrogen and oxygen atoms in total. The summed E-state index contributed by atoms with van der Waals surface area (Å²) in [4.78, 5) is 32.4. The molecule has 0 fully saturated rings. The summed E-state index contributed by atoms with van der Waals surface area (Å²) in [6.07, 6.45) is -1.23. The third-order valence-electron chi connectivity index (χ3n) is 1.92. The van der Waals surface area contributed by atoms with Crippen molar-refractivity contribution < 1.29 is 19.4 Å². The number of benzene rings is 1. The Hall–Kier alpha value is -2.64. The minimum absolute atomic E-state index is 0.0191. The second-order valence-electron chi connectivity index (χ2n) is 3.30. The van der Waals surface area contributed by atoms with Crippen LogP contribution in [0.3, 0.4) is 0 Å². The first kappa shape index (κ1) is 13.4. The fourth-order valence-corrected chi connectivity index (χ4v) is 1.13. The largest absolute Gasteiger partial charge is 0.469 e. The number of nitrogens with two attached hydrogens (primary N) is 1. The van der Waals surface area contributed by atoms with Crippen LogP contribution in [0, 0.1) is 10.1 Å². The first-order chi connectivity index (χ1) is 8.50. The Morgan fingerprint density at radius 1 is 1.33 bits per heavy atom. The maximum absolute atomic E-state index is 11.3. The van der Waals surface area contributed by atoms with Crippen molar-refractivity contribution in [3.05, 3.63) is 46.0 Å². The Kier molecular flexibility index (Phi) is 4.61. The SMILES string of the molecule is NC(=O)CN(C(=O)OCc1ccccc1)[N+](=O)[O-]. The molecule has 0 spiro atoms. The van der Waals surface area contributed by atoms with Crippen molar-refractivity contribution in [3.8, 4) is 0 Å². The summed E-state index contributed by atoms with van der Waals surface area (Å²) in [6, 6.07) is 8.63. The van der Waals surface area contributed by atoms with Crippen LogP contribution >= 0.6 is 0 Å². The smallest absolute Gasteiger partial charge is 0.441 e. The molecule has 2 amide bonds. The van der Waals surface area contributed by atoms with Crippen molar-refractivity contribution in [2.75, 3.05) is 6.54 Å². The molecule has 96 valence electrons. The van der Waals surface area contributed by atoms with E-state index in [2.05, 4.69) is 4.74 Å². The van der Waals surface area contributed by atoms with Crippen LogP contribution in [0.4, 0.5) is 4.79 Å². The van der Waals surface area contributed by atoms with E-state index in [1.54, 1.807) is 30.3 Å². The van der Waals surface area contributed by atoms with Gasteiger partial charge in [0.15, 0.2) is 11.6 Å². The van der Waals surface area contributed by atoms with Crippen LogP contribution in [-0.4, -0.2) is 28.6 Å². The van der Waals surface area contributed by atoms with Gasteiger partial charge in [0.25, 0.3) is 0 Å². The highest BCUT2D eigenvalue weighted by atomic mass is 16.7. The van der Waals surface area contributed by atoms with Gasteiger partial charge in [0.2, 0.25) is 5.91 Å². The van der Waals surface area contributed by atoms with E-state index in [0.717, 1.165) is 0 Å². The molecule has 0 heterocycles. The number of hydrogen-bond acceptors (Lipinski definition) is 5. The fraction of sp³-hybridized carbons (Fsp3) is 0.200. The quantitative estimate of drug-likeness (QED) is 0.598. The van der Waals surface area contributed by atoms with Gasteiger partial charge in [0, 0.05) is 0 Å². The lowest BCUT2D eigenvalue weighted by molar-refractivity contribution is -0.632. The maximum atomic E-state index is 11.3. The van der Waals surface area contributed by atoms with E-state index < -0.39 is 23.6 Å². The van der Waals surface area contributed by atoms with Gasteiger partial charge in [-0.15, -0.1) is 0 Å². The molecule has 0 radical (unpaired) electrons. The van der Waals surface area contributed by atoms with Gasteiger partial charge in [-0.2, -0.15) is 0 Å². The number of carbonyl (C=O) groups is 2. The van der Waals surface area contributed by atoms with Crippen LogP contribution in [-0.2, 0) is 16.1 Å². The molecule has 1 aromatic rings. The molecule has 0 aromatic heterocycles. The number of primary amides is 1. The number of hydrogen-bond donors (Lipinski definition) is 1. The second kappa shape index (κ2) is 6.18. The third-order valence-corrected chi connectivity index (χ3v) is 1.92. The fourth-order valence-electron chi connectivity index (χ4n) is 1.13. The molecule has 0 aliphatic carbocycles. The van der Waals surface area contributed by atoms with Crippen LogP contribution in [0.2, 0.25) is 0 Å². The average molecular weight is 253 g/mol. The normalized spacial score (nSPS) is 9.56. The van der Waals surface area contributed by atoms with Gasteiger partial charge in [0.05, 0.1) is 0 Å². The highest BCUT2D eigenvalue weighted by molar-refractivity contribution is 5.80. The molecule has 0 aliphatic heterocycles. The van der Waals surface area contributed by atoms with Crippen molar-refractivity contribution in [2.45, 2.75) is 6.61 Å². The Bertz CT molecular complexity index is 448. The van der Waals surface area contributed by atoms with Crippen molar-refractivity contribution in [2.24, 2.45) is 5.73 Å². The van der Waals surface area contributed by atoms with Gasteiger partial charge >= 0.3 is 6.09 Å². The van der Waals surface area contributed by atoms with E-state index in [9.17, 15) is 19.7 Å². The lowest BCUT2D eigenvalue weighted by Gasteiger charge is -2.10. The van der Waals surface area contributed by atoms with Crippen LogP contribution in [0.5, 0.6) is 0 Å². The monoisotopic (exact) mass is 253 g/mol. The van der Waals surface area contributed by atoms with E-state index in [4.69, 9.17) is 5.73 Å². The summed E-state index contributed by atoms with van der Waals surface area (Å²) in [6.45, 7) is -0.955. The molecule has 0 atom stereocenters. The van der Waals surface area contributed by atoms with Gasteiger partial charge in [-0.1, -0.05) is 30.3 Å². The highest BCUT2D eigenvalue weighted by Gasteiger charge is 2.27. The Balaban J connectivity index is 2.57. The number of ether oxygens (including phenoxy) is 1. The van der Waals surface area contributed by atoms with Gasteiger partial charge in [-0.3, -0.25) is 4.79 Å². The lowest BCUT2D eigenvalue weighted by atomic mass is 10.2. The minimum Gasteiger partial charge on any atom is -0.441 e. The second-order valence-corrected chi connectivity index (χ2v) is 3.30. The predicted molar refractivity (Wildman–Crippen MR) is 59.5 cm³/mol. The zero-order chi connectivity index (χ0) is 13.5. The van der Waals surface area contributed by atoms with E-state index in [1.807, 2.05) is 0 Å². The van der Waals surface area contributed by atoms with Crippen molar-refractivity contribution in [3.63, 3.8) is 0 Å². The zero-order valence-corrected chi connectivity index (χ0v) is 9.31. The molecule has 2 N–H and O–H groups in total. The molecule has 0 saturated heterocycles. The maximum Gasteiger partial charge on any atom is 0.469 e. The van der Waals surface area contributed by atoms with E-state index in [0.29, 0.717) is 5.56 Å². The molecule has 18 heavy (non-hydrogen) atoms. The number of nitro groups is 1. The Morgan fingerprint density at radius 3 is 2.44 bits per heavy atom. The number of carbonyl (C=O) groups excluding carboxylic acids is 2. The molecular weight excluding hydrogens is 242 g/mol. The lowest BCUT2D eigenvalue weighted by Crippen LogP contribution is -2.42. The van der Waals surface area contributed by atoms with Gasteiger partial charge in [0.1, 0.15) is 6.61 Å². The number of nitrogens with zero attached hydrogens (tertiary/aromatic N) is 2. The summed E-state index contributed by atoms with van der Waals surface area (Å²) in [5.41, 5.74) is 5.46. The topological polar surface area (TPSA) is 116 Å². The van der Waals surface area contributed by atoms with Crippen molar-refractivity contribution in [1.82, 2.24) is 5.01 Å². The summed E-state index contributed by atoms with van der Waals surface area (Å²) in [5.74, 6) is -0.997. The van der Waals surface area contributed by atoms with Crippen LogP contribution in [0.15, 0.2) is 30.3 Å². The number of rotatable bonds is 5. The van der Waals surface area contributed by atoms with E-state index in [1.165, 1.54) is 0 Å². The third kappa shape index (κ3) is 4.08. The number of hydrazine groups is 1. The zero-order valence-electron chi connectivity index (χ0n) is 9.31. The summed E-state index contributed by atoms with van der Waals surface area (Å²) in [7, 11) is 0. The molecule has 0 saturated carbocycles.